The second kappa shape index (κ2) is 6.41. The molecule has 0 saturated heterocycles. The molecule has 2 aromatic heterocycles. The van der Waals surface area contributed by atoms with E-state index in [9.17, 15) is 9.59 Å². The maximum atomic E-state index is 13.4. The van der Waals surface area contributed by atoms with Crippen LogP contribution in [0, 0.1) is 19.8 Å². The second-order valence-electron chi connectivity index (χ2n) is 7.68. The van der Waals surface area contributed by atoms with Crippen LogP contribution in [-0.4, -0.2) is 22.3 Å². The Bertz CT molecular complexity index is 1060. The Morgan fingerprint density at radius 3 is 2.70 bits per heavy atom. The van der Waals surface area contributed by atoms with E-state index in [1.165, 1.54) is 17.0 Å². The van der Waals surface area contributed by atoms with E-state index in [4.69, 9.17) is 4.42 Å². The first-order valence-corrected chi connectivity index (χ1v) is 9.40. The standard InChI is InChI=1S/C22H24N2O3/c1-12(2)21-20-16(15-7-5-6-8-17(15)23-20)9-10-24(21)22(26)19-13(3)11-18(25)27-14(19)4/h5-8,11-12,21,23H,9-10H2,1-4H3/t21-/m0/s1. The Labute approximate surface area is 158 Å². The molecule has 0 aliphatic carbocycles. The number of aromatic amines is 1. The van der Waals surface area contributed by atoms with Gasteiger partial charge < -0.3 is 14.3 Å². The molecule has 0 fully saturated rings. The molecule has 4 rings (SSSR count). The molecule has 0 saturated carbocycles. The van der Waals surface area contributed by atoms with Gasteiger partial charge in [-0.3, -0.25) is 4.79 Å². The Balaban J connectivity index is 1.82. The highest BCUT2D eigenvalue weighted by Crippen LogP contribution is 2.39. The summed E-state index contributed by atoms with van der Waals surface area (Å²) in [6.45, 7) is 8.39. The largest absolute Gasteiger partial charge is 0.427 e. The lowest BCUT2D eigenvalue weighted by molar-refractivity contribution is 0.0593. The summed E-state index contributed by atoms with van der Waals surface area (Å²) in [7, 11) is 0. The van der Waals surface area contributed by atoms with E-state index in [0.717, 1.165) is 17.6 Å². The molecule has 1 aliphatic heterocycles. The third-order valence-electron chi connectivity index (χ3n) is 5.52. The molecule has 1 aliphatic rings. The number of amides is 1. The van der Waals surface area contributed by atoms with Gasteiger partial charge in [0.2, 0.25) is 0 Å². The van der Waals surface area contributed by atoms with Gasteiger partial charge in [-0.15, -0.1) is 0 Å². The summed E-state index contributed by atoms with van der Waals surface area (Å²) >= 11 is 0. The number of rotatable bonds is 2. The van der Waals surface area contributed by atoms with Crippen LogP contribution in [0.5, 0.6) is 0 Å². The van der Waals surface area contributed by atoms with Gasteiger partial charge >= 0.3 is 5.63 Å². The predicted octanol–water partition coefficient (Wildman–Crippen LogP) is 4.13. The topological polar surface area (TPSA) is 66.3 Å². The zero-order chi connectivity index (χ0) is 19.3. The maximum absolute atomic E-state index is 13.4. The lowest BCUT2D eigenvalue weighted by Gasteiger charge is -2.38. The van der Waals surface area contributed by atoms with E-state index in [0.29, 0.717) is 23.4 Å². The van der Waals surface area contributed by atoms with Crippen LogP contribution in [0.1, 0.15) is 52.8 Å². The summed E-state index contributed by atoms with van der Waals surface area (Å²) < 4.78 is 5.20. The summed E-state index contributed by atoms with van der Waals surface area (Å²) in [6.07, 6.45) is 0.809. The van der Waals surface area contributed by atoms with Gasteiger partial charge in [-0.05, 0) is 43.4 Å². The Morgan fingerprint density at radius 2 is 2.00 bits per heavy atom. The first-order valence-electron chi connectivity index (χ1n) is 9.40. The van der Waals surface area contributed by atoms with Crippen LogP contribution in [0.4, 0.5) is 0 Å². The van der Waals surface area contributed by atoms with Crippen LogP contribution in [-0.2, 0) is 6.42 Å². The first kappa shape index (κ1) is 17.6. The molecule has 5 heteroatoms. The number of nitrogens with one attached hydrogen (secondary N) is 1. The number of hydrogen-bond donors (Lipinski definition) is 1. The highest BCUT2D eigenvalue weighted by molar-refractivity contribution is 5.97. The number of hydrogen-bond acceptors (Lipinski definition) is 3. The van der Waals surface area contributed by atoms with Crippen molar-refractivity contribution in [2.75, 3.05) is 6.54 Å². The molecule has 0 spiro atoms. The average Bonchev–Trinajstić information content (AvgIpc) is 2.98. The molecule has 140 valence electrons. The van der Waals surface area contributed by atoms with Gasteiger partial charge in [0.1, 0.15) is 5.76 Å². The molecule has 0 unspecified atom stereocenters. The van der Waals surface area contributed by atoms with Crippen molar-refractivity contribution in [1.82, 2.24) is 9.88 Å². The lowest BCUT2D eigenvalue weighted by Crippen LogP contribution is -2.42. The zero-order valence-electron chi connectivity index (χ0n) is 16.1. The number of para-hydroxylation sites is 1. The number of benzene rings is 1. The number of aryl methyl sites for hydroxylation is 2. The van der Waals surface area contributed by atoms with Gasteiger partial charge in [-0.25, -0.2) is 4.79 Å². The minimum absolute atomic E-state index is 0.0422. The van der Waals surface area contributed by atoms with E-state index in [-0.39, 0.29) is 17.9 Å². The van der Waals surface area contributed by atoms with Crippen LogP contribution in [0.25, 0.3) is 10.9 Å². The van der Waals surface area contributed by atoms with E-state index >= 15 is 0 Å². The van der Waals surface area contributed by atoms with E-state index in [1.54, 1.807) is 13.8 Å². The number of carbonyl (C=O) groups excluding carboxylic acids is 1. The fourth-order valence-electron chi connectivity index (χ4n) is 4.41. The molecule has 0 bridgehead atoms. The van der Waals surface area contributed by atoms with Crippen molar-refractivity contribution in [3.8, 4) is 0 Å². The number of carbonyl (C=O) groups is 1. The summed E-state index contributed by atoms with van der Waals surface area (Å²) in [5.74, 6) is 0.559. The number of fused-ring (bicyclic) bond motifs is 3. The quantitative estimate of drug-likeness (QED) is 0.743. The third-order valence-corrected chi connectivity index (χ3v) is 5.52. The number of nitrogens with zero attached hydrogens (tertiary/aromatic N) is 1. The summed E-state index contributed by atoms with van der Waals surface area (Å²) in [5, 5.41) is 1.24. The third kappa shape index (κ3) is 2.78. The van der Waals surface area contributed by atoms with Crippen LogP contribution < -0.4 is 5.63 Å². The fraction of sp³-hybridized carbons (Fsp3) is 0.364. The Hall–Kier alpha value is -2.82. The monoisotopic (exact) mass is 364 g/mol. The highest BCUT2D eigenvalue weighted by Gasteiger charge is 2.36. The number of aromatic nitrogens is 1. The van der Waals surface area contributed by atoms with Gasteiger partial charge in [0.15, 0.2) is 0 Å². The molecule has 1 amide bonds. The summed E-state index contributed by atoms with van der Waals surface area (Å²) in [4.78, 5) is 30.5. The van der Waals surface area contributed by atoms with Crippen molar-refractivity contribution in [3.05, 3.63) is 68.9 Å². The highest BCUT2D eigenvalue weighted by atomic mass is 16.4. The van der Waals surface area contributed by atoms with Gasteiger partial charge in [-0.2, -0.15) is 0 Å². The van der Waals surface area contributed by atoms with Gasteiger partial charge in [0.25, 0.3) is 5.91 Å². The predicted molar refractivity (Wildman–Crippen MR) is 105 cm³/mol. The normalized spacial score (nSPS) is 16.8. The molecular weight excluding hydrogens is 340 g/mol. The van der Waals surface area contributed by atoms with Crippen LogP contribution in [0.15, 0.2) is 39.5 Å². The average molecular weight is 364 g/mol. The number of H-pyrrole nitrogens is 1. The molecule has 0 radical (unpaired) electrons. The zero-order valence-corrected chi connectivity index (χ0v) is 16.1. The molecule has 3 aromatic rings. The van der Waals surface area contributed by atoms with Crippen molar-refractivity contribution in [2.24, 2.45) is 5.92 Å². The molecule has 1 atom stereocenters. The molecular formula is C22H24N2O3. The summed E-state index contributed by atoms with van der Waals surface area (Å²) in [6, 6.07) is 9.65. The maximum Gasteiger partial charge on any atom is 0.336 e. The molecule has 1 N–H and O–H groups in total. The van der Waals surface area contributed by atoms with Crippen molar-refractivity contribution < 1.29 is 9.21 Å². The minimum Gasteiger partial charge on any atom is -0.427 e. The van der Waals surface area contributed by atoms with E-state index < -0.39 is 5.63 Å². The molecule has 27 heavy (non-hydrogen) atoms. The van der Waals surface area contributed by atoms with Crippen LogP contribution in [0.3, 0.4) is 0 Å². The van der Waals surface area contributed by atoms with Crippen molar-refractivity contribution in [3.63, 3.8) is 0 Å². The Morgan fingerprint density at radius 1 is 1.26 bits per heavy atom. The molecule has 5 nitrogen and oxygen atoms in total. The Kier molecular flexibility index (Phi) is 4.17. The van der Waals surface area contributed by atoms with E-state index in [2.05, 4.69) is 37.0 Å². The smallest absolute Gasteiger partial charge is 0.336 e. The van der Waals surface area contributed by atoms with Crippen molar-refractivity contribution in [2.45, 2.75) is 40.2 Å². The van der Waals surface area contributed by atoms with Crippen LogP contribution >= 0.6 is 0 Å². The van der Waals surface area contributed by atoms with Gasteiger partial charge in [0, 0.05) is 29.2 Å². The second-order valence-corrected chi connectivity index (χ2v) is 7.68. The van der Waals surface area contributed by atoms with Crippen molar-refractivity contribution >= 4 is 16.8 Å². The van der Waals surface area contributed by atoms with Crippen molar-refractivity contribution in [1.29, 1.82) is 0 Å². The van der Waals surface area contributed by atoms with Crippen LogP contribution in [0.2, 0.25) is 0 Å². The minimum atomic E-state index is -0.418. The molecule has 3 heterocycles. The lowest BCUT2D eigenvalue weighted by atomic mass is 9.89. The summed E-state index contributed by atoms with van der Waals surface area (Å²) in [5.41, 5.74) is 4.29. The fourth-order valence-corrected chi connectivity index (χ4v) is 4.41. The van der Waals surface area contributed by atoms with E-state index in [1.807, 2.05) is 11.0 Å². The first-order chi connectivity index (χ1) is 12.9. The van der Waals surface area contributed by atoms with Gasteiger partial charge in [-0.1, -0.05) is 32.0 Å². The SMILES string of the molecule is Cc1cc(=O)oc(C)c1C(=O)N1CCc2c([nH]c3ccccc23)[C@@H]1C(C)C. The van der Waals surface area contributed by atoms with Gasteiger partial charge in [0.05, 0.1) is 11.6 Å². The molecule has 1 aromatic carbocycles.